The number of esters is 1. The largest absolute Gasteiger partial charge is 0.464 e. The van der Waals surface area contributed by atoms with E-state index in [1.807, 2.05) is 19.1 Å². The third-order valence-electron chi connectivity index (χ3n) is 4.10. The number of hydrogen-bond acceptors (Lipinski definition) is 3. The van der Waals surface area contributed by atoms with Gasteiger partial charge in [-0.3, -0.25) is 0 Å². The molecule has 0 saturated carbocycles. The summed E-state index contributed by atoms with van der Waals surface area (Å²) in [4.78, 5) is 11.7. The molecule has 1 heterocycles. The molecule has 0 aromatic heterocycles. The first-order chi connectivity index (χ1) is 10.7. The Morgan fingerprint density at radius 2 is 1.82 bits per heavy atom. The van der Waals surface area contributed by atoms with E-state index in [4.69, 9.17) is 21.1 Å². The van der Waals surface area contributed by atoms with Gasteiger partial charge in [-0.2, -0.15) is 0 Å². The number of carbonyl (C=O) groups is 1. The van der Waals surface area contributed by atoms with Crippen molar-refractivity contribution in [3.8, 4) is 0 Å². The van der Waals surface area contributed by atoms with E-state index in [1.165, 1.54) is 24.8 Å². The van der Waals surface area contributed by atoms with Gasteiger partial charge in [0.2, 0.25) is 0 Å². The predicted octanol–water partition coefficient (Wildman–Crippen LogP) is 4.56. The van der Waals surface area contributed by atoms with E-state index in [-0.39, 0.29) is 5.97 Å². The number of epoxide rings is 1. The topological polar surface area (TPSA) is 38.8 Å². The van der Waals surface area contributed by atoms with Crippen LogP contribution in [0.25, 0.3) is 0 Å². The Hall–Kier alpha value is -1.06. The molecule has 1 atom stereocenters. The number of ether oxygens (including phenoxy) is 2. The maximum absolute atomic E-state index is 11.7. The molecule has 4 heteroatoms. The lowest BCUT2D eigenvalue weighted by Gasteiger charge is -2.10. The monoisotopic (exact) mass is 324 g/mol. The molecule has 122 valence electrons. The van der Waals surface area contributed by atoms with Gasteiger partial charge in [0, 0.05) is 5.02 Å². The lowest BCUT2D eigenvalue weighted by atomic mass is 10.0. The second-order valence-electron chi connectivity index (χ2n) is 5.90. The molecule has 0 unspecified atom stereocenters. The number of hydrogen-bond donors (Lipinski definition) is 0. The zero-order chi connectivity index (χ0) is 15.8. The van der Waals surface area contributed by atoms with Gasteiger partial charge in [0.25, 0.3) is 0 Å². The quantitative estimate of drug-likeness (QED) is 0.360. The van der Waals surface area contributed by atoms with Crippen LogP contribution in [0.2, 0.25) is 5.02 Å². The summed E-state index contributed by atoms with van der Waals surface area (Å²) < 4.78 is 10.4. The van der Waals surface area contributed by atoms with E-state index in [1.54, 1.807) is 0 Å². The summed E-state index contributed by atoms with van der Waals surface area (Å²) in [6, 6.07) is 8.08. The molecular weight excluding hydrogens is 300 g/mol. The van der Waals surface area contributed by atoms with Crippen LogP contribution >= 0.6 is 11.6 Å². The molecule has 1 aliphatic rings. The Labute approximate surface area is 137 Å². The van der Waals surface area contributed by atoms with E-state index >= 15 is 0 Å². The lowest BCUT2D eigenvalue weighted by molar-refractivity contribution is -0.149. The molecule has 1 aromatic rings. The summed E-state index contributed by atoms with van der Waals surface area (Å²) in [6.45, 7) is 2.78. The molecule has 0 spiro atoms. The summed E-state index contributed by atoms with van der Waals surface area (Å²) in [5.74, 6) is -0.183. The molecule has 0 aliphatic carbocycles. The SMILES string of the molecule is CCOC(=O)[C@]1(CCCCCCCc2ccc(Cl)cc2)CO1. The third kappa shape index (κ3) is 5.29. The van der Waals surface area contributed by atoms with Crippen LogP contribution in [0.4, 0.5) is 0 Å². The highest BCUT2D eigenvalue weighted by molar-refractivity contribution is 6.30. The molecule has 1 aliphatic heterocycles. The van der Waals surface area contributed by atoms with Gasteiger partial charge in [-0.25, -0.2) is 4.79 Å². The van der Waals surface area contributed by atoms with Crippen molar-refractivity contribution in [2.45, 2.75) is 57.5 Å². The molecule has 1 fully saturated rings. The Bertz CT molecular complexity index is 466. The molecule has 0 bridgehead atoms. The molecular formula is C18H25ClO3. The van der Waals surface area contributed by atoms with Crippen molar-refractivity contribution in [3.63, 3.8) is 0 Å². The van der Waals surface area contributed by atoms with Crippen molar-refractivity contribution >= 4 is 17.6 Å². The van der Waals surface area contributed by atoms with Crippen molar-refractivity contribution in [2.24, 2.45) is 0 Å². The molecule has 3 nitrogen and oxygen atoms in total. The van der Waals surface area contributed by atoms with E-state index < -0.39 is 5.60 Å². The smallest absolute Gasteiger partial charge is 0.340 e. The highest BCUT2D eigenvalue weighted by Gasteiger charge is 2.52. The third-order valence-corrected chi connectivity index (χ3v) is 4.35. The van der Waals surface area contributed by atoms with Gasteiger partial charge < -0.3 is 9.47 Å². The summed E-state index contributed by atoms with van der Waals surface area (Å²) >= 11 is 5.87. The van der Waals surface area contributed by atoms with Crippen molar-refractivity contribution < 1.29 is 14.3 Å². The minimum Gasteiger partial charge on any atom is -0.464 e. The fraction of sp³-hybridized carbons (Fsp3) is 0.611. The van der Waals surface area contributed by atoms with Crippen LogP contribution in [0.3, 0.4) is 0 Å². The van der Waals surface area contributed by atoms with Gasteiger partial charge in [0.05, 0.1) is 13.2 Å². The lowest BCUT2D eigenvalue weighted by Crippen LogP contribution is -2.27. The van der Waals surface area contributed by atoms with Crippen LogP contribution < -0.4 is 0 Å². The minimum atomic E-state index is -0.598. The molecule has 0 amide bonds. The van der Waals surface area contributed by atoms with Crippen LogP contribution in [0.15, 0.2) is 24.3 Å². The summed E-state index contributed by atoms with van der Waals surface area (Å²) in [5, 5.41) is 0.793. The normalized spacial score (nSPS) is 19.9. The molecule has 0 radical (unpaired) electrons. The minimum absolute atomic E-state index is 0.183. The van der Waals surface area contributed by atoms with Crippen LogP contribution in [-0.2, 0) is 20.7 Å². The summed E-state index contributed by atoms with van der Waals surface area (Å²) in [6.07, 6.45) is 7.69. The standard InChI is InChI=1S/C18H25ClO3/c1-2-21-17(20)18(14-22-18)13-7-5-3-4-6-8-15-9-11-16(19)12-10-15/h9-12H,2-8,13-14H2,1H3/t18-/m0/s1. The van der Waals surface area contributed by atoms with Crippen molar-refractivity contribution in [1.29, 1.82) is 0 Å². The number of aryl methyl sites for hydroxylation is 1. The average Bonchev–Trinajstić information content (AvgIpc) is 3.30. The molecule has 22 heavy (non-hydrogen) atoms. The second kappa shape index (κ2) is 8.54. The Morgan fingerprint density at radius 3 is 2.45 bits per heavy atom. The fourth-order valence-corrected chi connectivity index (χ4v) is 2.76. The van der Waals surface area contributed by atoms with Gasteiger partial charge in [-0.1, -0.05) is 43.0 Å². The number of rotatable bonds is 10. The zero-order valence-electron chi connectivity index (χ0n) is 13.3. The van der Waals surface area contributed by atoms with Crippen LogP contribution in [0.5, 0.6) is 0 Å². The highest BCUT2D eigenvalue weighted by Crippen LogP contribution is 2.34. The maximum Gasteiger partial charge on any atom is 0.340 e. The Kier molecular flexibility index (Phi) is 6.71. The Morgan fingerprint density at radius 1 is 1.18 bits per heavy atom. The molecule has 0 N–H and O–H groups in total. The first-order valence-corrected chi connectivity index (χ1v) is 8.60. The first-order valence-electron chi connectivity index (χ1n) is 8.22. The molecule has 1 aromatic carbocycles. The Balaban J connectivity index is 1.51. The number of carbonyl (C=O) groups excluding carboxylic acids is 1. The number of benzene rings is 1. The van der Waals surface area contributed by atoms with Gasteiger partial charge in [0.15, 0.2) is 5.60 Å². The summed E-state index contributed by atoms with van der Waals surface area (Å²) in [7, 11) is 0. The van der Waals surface area contributed by atoms with E-state index in [2.05, 4.69) is 12.1 Å². The van der Waals surface area contributed by atoms with Crippen LogP contribution in [-0.4, -0.2) is 24.8 Å². The maximum atomic E-state index is 11.7. The van der Waals surface area contributed by atoms with Crippen molar-refractivity contribution in [2.75, 3.05) is 13.2 Å². The van der Waals surface area contributed by atoms with Gasteiger partial charge in [-0.15, -0.1) is 0 Å². The molecule has 1 saturated heterocycles. The van der Waals surface area contributed by atoms with Gasteiger partial charge >= 0.3 is 5.97 Å². The zero-order valence-corrected chi connectivity index (χ0v) is 14.0. The highest BCUT2D eigenvalue weighted by atomic mass is 35.5. The predicted molar refractivity (Wildman–Crippen MR) is 88.2 cm³/mol. The average molecular weight is 325 g/mol. The van der Waals surface area contributed by atoms with Crippen molar-refractivity contribution in [3.05, 3.63) is 34.9 Å². The summed E-state index contributed by atoms with van der Waals surface area (Å²) in [5.41, 5.74) is 0.747. The number of halogens is 1. The van der Waals surface area contributed by atoms with E-state index in [0.29, 0.717) is 13.2 Å². The van der Waals surface area contributed by atoms with Crippen LogP contribution in [0.1, 0.15) is 51.0 Å². The number of unbranched alkanes of at least 4 members (excludes halogenated alkanes) is 4. The van der Waals surface area contributed by atoms with Crippen molar-refractivity contribution in [1.82, 2.24) is 0 Å². The van der Waals surface area contributed by atoms with Gasteiger partial charge in [0.1, 0.15) is 0 Å². The second-order valence-corrected chi connectivity index (χ2v) is 6.33. The molecule has 2 rings (SSSR count). The van der Waals surface area contributed by atoms with E-state index in [9.17, 15) is 4.79 Å². The van der Waals surface area contributed by atoms with E-state index in [0.717, 1.165) is 30.7 Å². The first kappa shape index (κ1) is 17.3. The fourth-order valence-electron chi connectivity index (χ4n) is 2.64. The van der Waals surface area contributed by atoms with Crippen LogP contribution in [0, 0.1) is 0 Å². The van der Waals surface area contributed by atoms with Gasteiger partial charge in [-0.05, 0) is 50.3 Å².